The Labute approximate surface area is 92.4 Å². The molecule has 0 radical (unpaired) electrons. The molecule has 1 aromatic rings. The van der Waals surface area contributed by atoms with E-state index < -0.39 is 0 Å². The van der Waals surface area contributed by atoms with Crippen LogP contribution in [0, 0.1) is 0 Å². The molecule has 1 heterocycles. The van der Waals surface area contributed by atoms with E-state index in [9.17, 15) is 5.11 Å². The number of aliphatic hydroxyl groups excluding tert-OH is 1. The molecular formula is C13H21NO. The first kappa shape index (κ1) is 12.2. The lowest BCUT2D eigenvalue weighted by Crippen LogP contribution is -2.04. The number of pyridine rings is 1. The van der Waals surface area contributed by atoms with Gasteiger partial charge in [0.2, 0.25) is 0 Å². The van der Waals surface area contributed by atoms with Crippen molar-refractivity contribution in [1.82, 2.24) is 4.98 Å². The van der Waals surface area contributed by atoms with Crippen molar-refractivity contribution >= 4 is 0 Å². The Kier molecular flexibility index (Phi) is 5.33. The molecule has 1 unspecified atom stereocenters. The topological polar surface area (TPSA) is 33.1 Å². The molecular weight excluding hydrogens is 186 g/mol. The van der Waals surface area contributed by atoms with E-state index in [-0.39, 0.29) is 6.10 Å². The van der Waals surface area contributed by atoms with Crippen LogP contribution >= 0.6 is 0 Å². The van der Waals surface area contributed by atoms with E-state index in [2.05, 4.69) is 24.0 Å². The summed E-state index contributed by atoms with van der Waals surface area (Å²) in [4.78, 5) is 4.39. The van der Waals surface area contributed by atoms with Crippen LogP contribution < -0.4 is 0 Å². The fourth-order valence-electron chi connectivity index (χ4n) is 1.54. The number of hydrogen-bond donors (Lipinski definition) is 1. The lowest BCUT2D eigenvalue weighted by Gasteiger charge is -2.06. The maximum Gasteiger partial charge on any atom is 0.0537 e. The average molecular weight is 207 g/mol. The predicted octanol–water partition coefficient (Wildman–Crippen LogP) is 2.74. The van der Waals surface area contributed by atoms with Crippen LogP contribution in [0.4, 0.5) is 0 Å². The van der Waals surface area contributed by atoms with E-state index in [1.54, 1.807) is 0 Å². The van der Waals surface area contributed by atoms with Crippen LogP contribution in [0.15, 0.2) is 18.3 Å². The van der Waals surface area contributed by atoms with Crippen LogP contribution in [0.5, 0.6) is 0 Å². The number of hydrogen-bond acceptors (Lipinski definition) is 2. The molecule has 0 saturated carbocycles. The summed E-state index contributed by atoms with van der Waals surface area (Å²) in [6, 6.07) is 4.23. The van der Waals surface area contributed by atoms with Crippen molar-refractivity contribution in [3.8, 4) is 0 Å². The summed E-state index contributed by atoms with van der Waals surface area (Å²) >= 11 is 0. The minimum Gasteiger partial charge on any atom is -0.393 e. The molecule has 0 saturated heterocycles. The summed E-state index contributed by atoms with van der Waals surface area (Å²) in [5.74, 6) is 0. The normalized spacial score (nSPS) is 12.7. The Morgan fingerprint density at radius 2 is 2.13 bits per heavy atom. The van der Waals surface area contributed by atoms with Crippen LogP contribution in [-0.4, -0.2) is 16.2 Å². The molecule has 0 spiro atoms. The molecule has 15 heavy (non-hydrogen) atoms. The standard InChI is InChI=1S/C13H21NO/c1-3-11-8-9-12(14-10-11)6-5-7-13(15)4-2/h8-10,13,15H,3-7H2,1-2H3. The van der Waals surface area contributed by atoms with Gasteiger partial charge in [-0.3, -0.25) is 4.98 Å². The number of aliphatic hydroxyl groups is 1. The Balaban J connectivity index is 2.31. The van der Waals surface area contributed by atoms with Crippen LogP contribution in [-0.2, 0) is 12.8 Å². The van der Waals surface area contributed by atoms with E-state index in [0.717, 1.165) is 37.8 Å². The molecule has 0 aliphatic rings. The summed E-state index contributed by atoms with van der Waals surface area (Å²) in [6.45, 7) is 4.15. The molecule has 1 rings (SSSR count). The van der Waals surface area contributed by atoms with Gasteiger partial charge in [-0.25, -0.2) is 0 Å². The van der Waals surface area contributed by atoms with Crippen molar-refractivity contribution in [1.29, 1.82) is 0 Å². The van der Waals surface area contributed by atoms with Crippen LogP contribution in [0.25, 0.3) is 0 Å². The maximum absolute atomic E-state index is 9.40. The number of aryl methyl sites for hydroxylation is 2. The molecule has 2 nitrogen and oxygen atoms in total. The van der Waals surface area contributed by atoms with Gasteiger partial charge < -0.3 is 5.11 Å². The zero-order valence-corrected chi connectivity index (χ0v) is 9.74. The summed E-state index contributed by atoms with van der Waals surface area (Å²) in [5.41, 5.74) is 2.42. The van der Waals surface area contributed by atoms with Gasteiger partial charge in [0.1, 0.15) is 0 Å². The van der Waals surface area contributed by atoms with E-state index in [1.165, 1.54) is 5.56 Å². The third kappa shape index (κ3) is 4.43. The van der Waals surface area contributed by atoms with Crippen molar-refractivity contribution in [2.75, 3.05) is 0 Å². The SMILES string of the molecule is CCc1ccc(CCCC(O)CC)nc1. The zero-order chi connectivity index (χ0) is 11.1. The van der Waals surface area contributed by atoms with Gasteiger partial charge in [0.15, 0.2) is 0 Å². The van der Waals surface area contributed by atoms with E-state index in [0.29, 0.717) is 0 Å². The van der Waals surface area contributed by atoms with Gasteiger partial charge in [0.05, 0.1) is 6.10 Å². The molecule has 0 fully saturated rings. The smallest absolute Gasteiger partial charge is 0.0537 e. The second kappa shape index (κ2) is 6.57. The average Bonchev–Trinajstić information content (AvgIpc) is 2.29. The highest BCUT2D eigenvalue weighted by Gasteiger charge is 2.01. The highest BCUT2D eigenvalue weighted by molar-refractivity contribution is 5.13. The quantitative estimate of drug-likeness (QED) is 0.778. The van der Waals surface area contributed by atoms with E-state index >= 15 is 0 Å². The van der Waals surface area contributed by atoms with E-state index in [1.807, 2.05) is 13.1 Å². The minimum absolute atomic E-state index is 0.139. The van der Waals surface area contributed by atoms with Crippen LogP contribution in [0.1, 0.15) is 44.4 Å². The van der Waals surface area contributed by atoms with Crippen molar-refractivity contribution in [3.05, 3.63) is 29.6 Å². The number of aromatic nitrogens is 1. The summed E-state index contributed by atoms with van der Waals surface area (Å²) < 4.78 is 0. The molecule has 1 atom stereocenters. The summed E-state index contributed by atoms with van der Waals surface area (Å²) in [7, 11) is 0. The van der Waals surface area contributed by atoms with Crippen molar-refractivity contribution < 1.29 is 5.11 Å². The molecule has 1 aromatic heterocycles. The highest BCUT2D eigenvalue weighted by atomic mass is 16.3. The zero-order valence-electron chi connectivity index (χ0n) is 9.74. The van der Waals surface area contributed by atoms with Gasteiger partial charge in [-0.05, 0) is 43.7 Å². The Bertz CT molecular complexity index is 268. The molecule has 2 heteroatoms. The number of nitrogens with zero attached hydrogens (tertiary/aromatic N) is 1. The molecule has 0 aliphatic carbocycles. The second-order valence-corrected chi connectivity index (χ2v) is 3.97. The first-order valence-corrected chi connectivity index (χ1v) is 5.88. The first-order chi connectivity index (χ1) is 7.26. The first-order valence-electron chi connectivity index (χ1n) is 5.88. The lowest BCUT2D eigenvalue weighted by atomic mass is 10.1. The molecule has 0 aliphatic heterocycles. The summed E-state index contributed by atoms with van der Waals surface area (Å²) in [5, 5.41) is 9.40. The lowest BCUT2D eigenvalue weighted by molar-refractivity contribution is 0.157. The molecule has 1 N–H and O–H groups in total. The third-order valence-electron chi connectivity index (χ3n) is 2.74. The van der Waals surface area contributed by atoms with Crippen LogP contribution in [0.3, 0.4) is 0 Å². The Morgan fingerprint density at radius 1 is 1.33 bits per heavy atom. The van der Waals surface area contributed by atoms with Gasteiger partial charge in [0.25, 0.3) is 0 Å². The minimum atomic E-state index is -0.139. The molecule has 84 valence electrons. The Morgan fingerprint density at radius 3 is 2.67 bits per heavy atom. The monoisotopic (exact) mass is 207 g/mol. The Hall–Kier alpha value is -0.890. The van der Waals surface area contributed by atoms with Gasteiger partial charge in [0, 0.05) is 11.9 Å². The van der Waals surface area contributed by atoms with Crippen LogP contribution in [0.2, 0.25) is 0 Å². The molecule has 0 aromatic carbocycles. The highest BCUT2D eigenvalue weighted by Crippen LogP contribution is 2.07. The van der Waals surface area contributed by atoms with Crippen molar-refractivity contribution in [2.24, 2.45) is 0 Å². The van der Waals surface area contributed by atoms with Gasteiger partial charge in [-0.2, -0.15) is 0 Å². The van der Waals surface area contributed by atoms with Gasteiger partial charge in [-0.15, -0.1) is 0 Å². The summed E-state index contributed by atoms with van der Waals surface area (Å²) in [6.07, 6.45) is 6.58. The fraction of sp³-hybridized carbons (Fsp3) is 0.615. The van der Waals surface area contributed by atoms with Gasteiger partial charge in [-0.1, -0.05) is 19.9 Å². The second-order valence-electron chi connectivity index (χ2n) is 3.97. The maximum atomic E-state index is 9.40. The molecule has 0 amide bonds. The van der Waals surface area contributed by atoms with Crippen molar-refractivity contribution in [2.45, 2.75) is 52.1 Å². The molecule has 0 bridgehead atoms. The van der Waals surface area contributed by atoms with E-state index in [4.69, 9.17) is 0 Å². The van der Waals surface area contributed by atoms with Crippen molar-refractivity contribution in [3.63, 3.8) is 0 Å². The third-order valence-corrected chi connectivity index (χ3v) is 2.74. The fourth-order valence-corrected chi connectivity index (χ4v) is 1.54. The van der Waals surface area contributed by atoms with Gasteiger partial charge >= 0.3 is 0 Å². The largest absolute Gasteiger partial charge is 0.393 e. The predicted molar refractivity (Wildman–Crippen MR) is 62.9 cm³/mol. The number of rotatable bonds is 6.